The number of rotatable bonds is 3. The molecule has 2 heterocycles. The summed E-state index contributed by atoms with van der Waals surface area (Å²) in [5.74, 6) is 0.180. The Labute approximate surface area is 114 Å². The summed E-state index contributed by atoms with van der Waals surface area (Å²) in [6.45, 7) is 0. The Morgan fingerprint density at radius 3 is 2.89 bits per heavy atom. The van der Waals surface area contributed by atoms with Gasteiger partial charge in [-0.1, -0.05) is 11.6 Å². The summed E-state index contributed by atoms with van der Waals surface area (Å²) in [5, 5.41) is 11.9. The first-order chi connectivity index (χ1) is 9.19. The monoisotopic (exact) mass is 273 g/mol. The Kier molecular flexibility index (Phi) is 3.96. The van der Waals surface area contributed by atoms with E-state index in [9.17, 15) is 4.79 Å². The third-order valence-corrected chi connectivity index (χ3v) is 2.39. The number of nitrogens with zero attached hydrogens (tertiary/aromatic N) is 2. The third kappa shape index (κ3) is 3.44. The van der Waals surface area contributed by atoms with Gasteiger partial charge in [0.05, 0.1) is 11.3 Å². The standard InChI is InChI=1S/C13H8ClN3O2/c14-10-3-4-12(16-8-10)17-13(18)9(7-15)6-11-2-1-5-19-11/h1-6,8H,(H,16,17,18)/b9-6+. The number of furan rings is 1. The number of halogens is 1. The third-order valence-electron chi connectivity index (χ3n) is 2.16. The van der Waals surface area contributed by atoms with Crippen molar-refractivity contribution in [3.8, 4) is 6.07 Å². The van der Waals surface area contributed by atoms with Gasteiger partial charge in [0.25, 0.3) is 5.91 Å². The van der Waals surface area contributed by atoms with E-state index in [4.69, 9.17) is 21.3 Å². The molecule has 0 spiro atoms. The molecule has 0 aliphatic carbocycles. The summed E-state index contributed by atoms with van der Waals surface area (Å²) in [5.41, 5.74) is -0.0771. The Balaban J connectivity index is 2.14. The molecule has 0 aliphatic heterocycles. The number of pyridine rings is 1. The average Bonchev–Trinajstić information content (AvgIpc) is 2.91. The Morgan fingerprint density at radius 2 is 2.32 bits per heavy atom. The fourth-order valence-corrected chi connectivity index (χ4v) is 1.41. The van der Waals surface area contributed by atoms with E-state index in [-0.39, 0.29) is 5.57 Å². The Morgan fingerprint density at radius 1 is 1.47 bits per heavy atom. The van der Waals surface area contributed by atoms with Crippen LogP contribution in [0.4, 0.5) is 5.82 Å². The van der Waals surface area contributed by atoms with Crippen molar-refractivity contribution in [1.29, 1.82) is 5.26 Å². The van der Waals surface area contributed by atoms with Crippen LogP contribution in [-0.4, -0.2) is 10.9 Å². The minimum absolute atomic E-state index is 0.0771. The number of hydrogen-bond donors (Lipinski definition) is 1. The first-order valence-corrected chi connectivity index (χ1v) is 5.65. The number of carbonyl (C=O) groups is 1. The smallest absolute Gasteiger partial charge is 0.267 e. The molecule has 0 saturated heterocycles. The summed E-state index contributed by atoms with van der Waals surface area (Å²) in [6, 6.07) is 8.25. The number of nitrogens with one attached hydrogen (secondary N) is 1. The van der Waals surface area contributed by atoms with Gasteiger partial charge >= 0.3 is 0 Å². The maximum Gasteiger partial charge on any atom is 0.267 e. The van der Waals surface area contributed by atoms with Gasteiger partial charge in [-0.2, -0.15) is 5.26 Å². The van der Waals surface area contributed by atoms with E-state index in [1.807, 2.05) is 0 Å². The average molecular weight is 274 g/mol. The van der Waals surface area contributed by atoms with Crippen LogP contribution in [-0.2, 0) is 4.79 Å². The highest BCUT2D eigenvalue weighted by atomic mass is 35.5. The SMILES string of the molecule is N#C/C(=C\c1ccco1)C(=O)Nc1ccc(Cl)cn1. The molecule has 2 aromatic rings. The molecule has 1 N–H and O–H groups in total. The number of anilines is 1. The number of amides is 1. The minimum atomic E-state index is -0.561. The van der Waals surface area contributed by atoms with Crippen LogP contribution in [0.5, 0.6) is 0 Å². The first kappa shape index (κ1) is 12.9. The maximum absolute atomic E-state index is 11.8. The summed E-state index contributed by atoms with van der Waals surface area (Å²) in [7, 11) is 0. The fourth-order valence-electron chi connectivity index (χ4n) is 1.30. The predicted molar refractivity (Wildman–Crippen MR) is 70.2 cm³/mol. The zero-order valence-electron chi connectivity index (χ0n) is 9.63. The molecule has 0 radical (unpaired) electrons. The van der Waals surface area contributed by atoms with Crippen molar-refractivity contribution < 1.29 is 9.21 Å². The molecule has 5 nitrogen and oxygen atoms in total. The minimum Gasteiger partial charge on any atom is -0.465 e. The van der Waals surface area contributed by atoms with Crippen LogP contribution < -0.4 is 5.32 Å². The number of carbonyl (C=O) groups excluding carboxylic acids is 1. The van der Waals surface area contributed by atoms with Gasteiger partial charge in [-0.25, -0.2) is 4.98 Å². The van der Waals surface area contributed by atoms with Crippen LogP contribution >= 0.6 is 11.6 Å². The molecule has 0 unspecified atom stereocenters. The van der Waals surface area contributed by atoms with Crippen molar-refractivity contribution in [3.63, 3.8) is 0 Å². The fraction of sp³-hybridized carbons (Fsp3) is 0. The highest BCUT2D eigenvalue weighted by Gasteiger charge is 2.10. The van der Waals surface area contributed by atoms with Crippen molar-refractivity contribution in [2.24, 2.45) is 0 Å². The molecule has 1 amide bonds. The van der Waals surface area contributed by atoms with Crippen LogP contribution in [0.1, 0.15) is 5.76 Å². The van der Waals surface area contributed by atoms with Gasteiger partial charge in [0.1, 0.15) is 23.2 Å². The van der Waals surface area contributed by atoms with Crippen LogP contribution in [0, 0.1) is 11.3 Å². The molecule has 0 bridgehead atoms. The molecule has 19 heavy (non-hydrogen) atoms. The highest BCUT2D eigenvalue weighted by Crippen LogP contribution is 2.12. The van der Waals surface area contributed by atoms with Gasteiger partial charge in [0.15, 0.2) is 0 Å². The molecule has 0 atom stereocenters. The zero-order valence-corrected chi connectivity index (χ0v) is 10.4. The van der Waals surface area contributed by atoms with Crippen molar-refractivity contribution in [2.75, 3.05) is 5.32 Å². The topological polar surface area (TPSA) is 78.9 Å². The molecule has 2 aromatic heterocycles. The second kappa shape index (κ2) is 5.85. The lowest BCUT2D eigenvalue weighted by Crippen LogP contribution is -2.14. The summed E-state index contributed by atoms with van der Waals surface area (Å²) >= 11 is 5.68. The van der Waals surface area contributed by atoms with E-state index in [1.165, 1.54) is 18.5 Å². The second-order valence-electron chi connectivity index (χ2n) is 3.50. The normalized spacial score (nSPS) is 10.8. The predicted octanol–water partition coefficient (Wildman–Crippen LogP) is 2.87. The number of aromatic nitrogens is 1. The molecule has 2 rings (SSSR count). The first-order valence-electron chi connectivity index (χ1n) is 5.27. The summed E-state index contributed by atoms with van der Waals surface area (Å²) in [6.07, 6.45) is 4.21. The van der Waals surface area contributed by atoms with Crippen LogP contribution in [0.2, 0.25) is 5.02 Å². The van der Waals surface area contributed by atoms with E-state index in [0.29, 0.717) is 16.6 Å². The lowest BCUT2D eigenvalue weighted by Gasteiger charge is -2.02. The molecule has 0 fully saturated rings. The van der Waals surface area contributed by atoms with Crippen LogP contribution in [0.3, 0.4) is 0 Å². The quantitative estimate of drug-likeness (QED) is 0.689. The van der Waals surface area contributed by atoms with Gasteiger partial charge in [-0.05, 0) is 24.3 Å². The zero-order chi connectivity index (χ0) is 13.7. The second-order valence-corrected chi connectivity index (χ2v) is 3.94. The van der Waals surface area contributed by atoms with E-state index in [2.05, 4.69) is 10.3 Å². The van der Waals surface area contributed by atoms with Crippen LogP contribution in [0.15, 0.2) is 46.7 Å². The largest absolute Gasteiger partial charge is 0.465 e. The lowest BCUT2D eigenvalue weighted by molar-refractivity contribution is -0.112. The highest BCUT2D eigenvalue weighted by molar-refractivity contribution is 6.30. The van der Waals surface area contributed by atoms with Gasteiger partial charge < -0.3 is 9.73 Å². The summed E-state index contributed by atoms with van der Waals surface area (Å²) < 4.78 is 5.04. The molecule has 94 valence electrons. The molecule has 6 heteroatoms. The van der Waals surface area contributed by atoms with Crippen molar-refractivity contribution in [3.05, 3.63) is 53.1 Å². The Bertz CT molecular complexity index is 640. The Hall–Kier alpha value is -2.58. The van der Waals surface area contributed by atoms with Crippen molar-refractivity contribution >= 4 is 29.4 Å². The van der Waals surface area contributed by atoms with E-state index in [0.717, 1.165) is 0 Å². The maximum atomic E-state index is 11.8. The molecule has 0 saturated carbocycles. The molecular weight excluding hydrogens is 266 g/mol. The van der Waals surface area contributed by atoms with Crippen molar-refractivity contribution in [1.82, 2.24) is 4.98 Å². The van der Waals surface area contributed by atoms with Crippen molar-refractivity contribution in [2.45, 2.75) is 0 Å². The van der Waals surface area contributed by atoms with E-state index < -0.39 is 5.91 Å². The molecular formula is C13H8ClN3O2. The van der Waals surface area contributed by atoms with Gasteiger partial charge in [0, 0.05) is 12.3 Å². The van der Waals surface area contributed by atoms with Gasteiger partial charge in [0.2, 0.25) is 0 Å². The molecule has 0 aromatic carbocycles. The van der Waals surface area contributed by atoms with Gasteiger partial charge in [-0.3, -0.25) is 4.79 Å². The van der Waals surface area contributed by atoms with E-state index >= 15 is 0 Å². The van der Waals surface area contributed by atoms with Gasteiger partial charge in [-0.15, -0.1) is 0 Å². The molecule has 0 aliphatic rings. The lowest BCUT2D eigenvalue weighted by atomic mass is 10.2. The number of hydrogen-bond acceptors (Lipinski definition) is 4. The number of nitriles is 1. The van der Waals surface area contributed by atoms with E-state index in [1.54, 1.807) is 30.3 Å². The van der Waals surface area contributed by atoms with Crippen LogP contribution in [0.25, 0.3) is 6.08 Å². The summed E-state index contributed by atoms with van der Waals surface area (Å²) in [4.78, 5) is 15.7.